The molecule has 0 atom stereocenters. The summed E-state index contributed by atoms with van der Waals surface area (Å²) in [5.41, 5.74) is 0. The van der Waals surface area contributed by atoms with Crippen LogP contribution in [0.1, 0.15) is 0 Å². The number of hydrogen-bond acceptors (Lipinski definition) is 2. The van der Waals surface area contributed by atoms with Gasteiger partial charge in [0.15, 0.2) is 0 Å². The van der Waals surface area contributed by atoms with E-state index in [1.807, 2.05) is 44.1 Å². The van der Waals surface area contributed by atoms with Crippen LogP contribution in [0.2, 0.25) is 0 Å². The fourth-order valence-corrected chi connectivity index (χ4v) is 2.64. The van der Waals surface area contributed by atoms with E-state index in [-0.39, 0.29) is 0 Å². The van der Waals surface area contributed by atoms with Gasteiger partial charge >= 0.3 is 78.6 Å². The molecule has 0 saturated carbocycles. The van der Waals surface area contributed by atoms with Crippen molar-refractivity contribution in [2.75, 3.05) is 0 Å². The topological polar surface area (TPSA) is 18.5 Å². The van der Waals surface area contributed by atoms with E-state index in [2.05, 4.69) is 0 Å². The second-order valence-corrected chi connectivity index (χ2v) is 24.3. The van der Waals surface area contributed by atoms with Crippen molar-refractivity contribution in [3.63, 3.8) is 0 Å². The van der Waals surface area contributed by atoms with E-state index in [0.717, 1.165) is 0 Å². The predicted molar refractivity (Wildman–Crippen MR) is 52.1 cm³/mol. The monoisotopic (exact) mass is 378 g/mol. The Bertz CT molecular complexity index is 127. The molecule has 0 N–H and O–H groups in total. The summed E-state index contributed by atoms with van der Waals surface area (Å²) in [4.78, 5) is 0. The Kier molecular flexibility index (Phi) is 1.91. The third-order valence-electron chi connectivity index (χ3n) is 0.502. The number of halogens is 3. The Labute approximate surface area is 77.8 Å². The molecule has 0 saturated heterocycles. The molecule has 1 heterocycles. The first-order chi connectivity index (χ1) is 3.47. The third-order valence-corrected chi connectivity index (χ3v) is 4.60. The molecule has 0 amide bonds. The molecule has 0 spiro atoms. The van der Waals surface area contributed by atoms with E-state index in [1.54, 1.807) is 0 Å². The van der Waals surface area contributed by atoms with Crippen LogP contribution in [0.25, 0.3) is 0 Å². The van der Waals surface area contributed by atoms with Gasteiger partial charge in [-0.2, -0.15) is 0 Å². The van der Waals surface area contributed by atoms with E-state index in [0.29, 0.717) is 0 Å². The summed E-state index contributed by atoms with van der Waals surface area (Å²) in [7, 11) is 0. The molecule has 0 aromatic carbocycles. The Morgan fingerprint density at radius 1 is 1.25 bits per heavy atom. The fraction of sp³-hybridized carbons (Fsp3) is 0. The van der Waals surface area contributed by atoms with Gasteiger partial charge in [-0.25, -0.2) is 0 Å². The minimum atomic E-state index is -2.69. The van der Waals surface area contributed by atoms with Crippen LogP contribution >= 0.6 is 57.0 Å². The average molecular weight is 378 g/mol. The van der Waals surface area contributed by atoms with Gasteiger partial charge in [-0.15, -0.1) is 0 Å². The zero-order valence-corrected chi connectivity index (χ0v) is 9.52. The molecule has 1 aliphatic rings. The van der Waals surface area contributed by atoms with Gasteiger partial charge in [-0.1, -0.05) is 0 Å². The van der Waals surface area contributed by atoms with Crippen molar-refractivity contribution in [3.8, 4) is 0 Å². The molecule has 1 aliphatic heterocycles. The summed E-state index contributed by atoms with van der Waals surface area (Å²) < 4.78 is 7.30. The van der Waals surface area contributed by atoms with Crippen molar-refractivity contribution in [2.45, 2.75) is 0 Å². The molecule has 0 aliphatic carbocycles. The molecular weight excluding hydrogens is 376 g/mol. The molecule has 0 radical (unpaired) electrons. The maximum absolute atomic E-state index is 5.82. The van der Waals surface area contributed by atoms with Crippen LogP contribution in [0.3, 0.4) is 0 Å². The van der Waals surface area contributed by atoms with E-state index in [1.165, 1.54) is 12.5 Å². The summed E-state index contributed by atoms with van der Waals surface area (Å²) in [6, 6.07) is 0. The van der Waals surface area contributed by atoms with Crippen LogP contribution in [0, 0.1) is 0 Å². The van der Waals surface area contributed by atoms with E-state index in [9.17, 15) is 0 Å². The predicted octanol–water partition coefficient (Wildman–Crippen LogP) is 3.74. The summed E-state index contributed by atoms with van der Waals surface area (Å²) in [6.45, 7) is 0. The zero-order valence-electron chi connectivity index (χ0n) is 3.55. The summed E-state index contributed by atoms with van der Waals surface area (Å²) in [5.74, 6) is 0. The Morgan fingerprint density at radius 2 is 1.62 bits per heavy atom. The quantitative estimate of drug-likeness (QED) is 0.472. The molecule has 0 unspecified atom stereocenters. The van der Waals surface area contributed by atoms with Crippen molar-refractivity contribution >= 4 is 57.0 Å². The van der Waals surface area contributed by atoms with Gasteiger partial charge in [0.1, 0.15) is 0 Å². The Hall–Kier alpha value is 1.52. The Balaban J connectivity index is 2.74. The normalized spacial score (nSPS) is 34.1. The van der Waals surface area contributed by atoms with Gasteiger partial charge in [-0.3, -0.25) is 0 Å². The summed E-state index contributed by atoms with van der Waals surface area (Å²) in [5, 5.41) is 0. The van der Waals surface area contributed by atoms with Crippen LogP contribution in [-0.2, 0) is 9.05 Å². The first-order valence-corrected chi connectivity index (χ1v) is 10.2. The molecular formula is C2H2ClI2O2P. The molecule has 0 bridgehead atoms. The average Bonchev–Trinajstić information content (AvgIpc) is 1.81. The standard InChI is InChI=1S/C2H2ClI2O2P/c3-8(4,5)6-1-2-7-8/h1-2H. The minimum absolute atomic E-state index is 1.46. The van der Waals surface area contributed by atoms with Gasteiger partial charge in [0, 0.05) is 0 Å². The van der Waals surface area contributed by atoms with Gasteiger partial charge in [0.2, 0.25) is 0 Å². The third kappa shape index (κ3) is 2.04. The summed E-state index contributed by atoms with van der Waals surface area (Å²) >= 11 is 9.77. The second-order valence-electron chi connectivity index (χ2n) is 1.16. The molecule has 48 valence electrons. The van der Waals surface area contributed by atoms with E-state index >= 15 is 0 Å². The van der Waals surface area contributed by atoms with Gasteiger partial charge < -0.3 is 0 Å². The molecule has 0 aromatic heterocycles. The van der Waals surface area contributed by atoms with Crippen LogP contribution in [0.5, 0.6) is 0 Å². The number of hydrogen-bond donors (Lipinski definition) is 0. The SMILES string of the molecule is ClP1(I)(I)OC=CO1. The molecule has 2 nitrogen and oxygen atoms in total. The first kappa shape index (κ1) is 7.63. The van der Waals surface area contributed by atoms with E-state index in [4.69, 9.17) is 20.3 Å². The number of rotatable bonds is 0. The van der Waals surface area contributed by atoms with Crippen molar-refractivity contribution in [1.82, 2.24) is 0 Å². The van der Waals surface area contributed by atoms with Crippen molar-refractivity contribution in [3.05, 3.63) is 12.5 Å². The summed E-state index contributed by atoms with van der Waals surface area (Å²) in [6.07, 6.45) is 2.92. The van der Waals surface area contributed by atoms with Crippen molar-refractivity contribution in [2.24, 2.45) is 0 Å². The molecule has 1 rings (SSSR count). The van der Waals surface area contributed by atoms with Crippen molar-refractivity contribution in [1.29, 1.82) is 0 Å². The van der Waals surface area contributed by atoms with Crippen LogP contribution in [-0.4, -0.2) is 0 Å². The van der Waals surface area contributed by atoms with E-state index < -0.39 is 1.69 Å². The second kappa shape index (κ2) is 2.00. The van der Waals surface area contributed by atoms with Crippen LogP contribution in [0.4, 0.5) is 0 Å². The van der Waals surface area contributed by atoms with Crippen LogP contribution < -0.4 is 0 Å². The van der Waals surface area contributed by atoms with Gasteiger partial charge in [0.25, 0.3) is 0 Å². The van der Waals surface area contributed by atoms with Gasteiger partial charge in [-0.05, 0) is 0 Å². The molecule has 6 heteroatoms. The zero-order chi connectivity index (χ0) is 6.28. The molecule has 0 fully saturated rings. The molecule has 0 aromatic rings. The Morgan fingerprint density at radius 3 is 1.75 bits per heavy atom. The van der Waals surface area contributed by atoms with Crippen LogP contribution in [0.15, 0.2) is 12.5 Å². The fourth-order valence-electron chi connectivity index (χ4n) is 0.262. The van der Waals surface area contributed by atoms with Gasteiger partial charge in [0.05, 0.1) is 0 Å². The van der Waals surface area contributed by atoms with Crippen molar-refractivity contribution < 1.29 is 9.05 Å². The maximum atomic E-state index is 5.82. The first-order valence-electron chi connectivity index (χ1n) is 1.68. The molecule has 8 heavy (non-hydrogen) atoms.